The maximum atomic E-state index is 13.2. The van der Waals surface area contributed by atoms with Gasteiger partial charge in [-0.05, 0) is 30.9 Å². The predicted octanol–water partition coefficient (Wildman–Crippen LogP) is 0.718. The molecular formula is C25H30N5O4S+. The van der Waals surface area contributed by atoms with Gasteiger partial charge in [0.1, 0.15) is 17.9 Å². The van der Waals surface area contributed by atoms with Gasteiger partial charge in [0.25, 0.3) is 11.5 Å². The fraction of sp³-hybridized carbons (Fsp3) is 0.280. The summed E-state index contributed by atoms with van der Waals surface area (Å²) in [4.78, 5) is 53.1. The van der Waals surface area contributed by atoms with Crippen LogP contribution in [-0.2, 0) is 17.9 Å². The number of anilines is 2. The highest BCUT2D eigenvalue weighted by molar-refractivity contribution is 7.98. The molecule has 35 heavy (non-hydrogen) atoms. The smallest absolute Gasteiger partial charge is 0.332 e. The number of carbonyl (C=O) groups is 2. The number of thioether (sulfide) groups is 1. The third-order valence-corrected chi connectivity index (χ3v) is 6.35. The lowest BCUT2D eigenvalue weighted by molar-refractivity contribution is -0.861. The molecule has 0 aliphatic carbocycles. The SMILES string of the molecule is CCn1c(=O)c(C(=O)C[NH+](C)CC(=O)Nc2ccccc2SC)c(N)n(Cc2ccccc2)c1=O. The Morgan fingerprint density at radius 2 is 1.66 bits per heavy atom. The Kier molecular flexibility index (Phi) is 8.67. The maximum Gasteiger partial charge on any atom is 0.332 e. The summed E-state index contributed by atoms with van der Waals surface area (Å²) in [5.74, 6) is -0.944. The van der Waals surface area contributed by atoms with Gasteiger partial charge in [0, 0.05) is 11.4 Å². The maximum absolute atomic E-state index is 13.2. The van der Waals surface area contributed by atoms with Gasteiger partial charge in [0.05, 0.1) is 19.3 Å². The first-order valence-electron chi connectivity index (χ1n) is 11.2. The Morgan fingerprint density at radius 3 is 2.31 bits per heavy atom. The number of amides is 1. The molecule has 1 unspecified atom stereocenters. The molecule has 0 fully saturated rings. The van der Waals surface area contributed by atoms with E-state index in [1.54, 1.807) is 14.0 Å². The number of likely N-dealkylation sites (N-methyl/N-ethyl adjacent to an activating group) is 1. The summed E-state index contributed by atoms with van der Waals surface area (Å²) in [6.07, 6.45) is 1.92. The Bertz CT molecular complexity index is 1330. The Balaban J connectivity index is 1.81. The molecule has 0 aliphatic rings. The number of aromatic nitrogens is 2. The third kappa shape index (κ3) is 6.09. The van der Waals surface area contributed by atoms with Crippen LogP contribution in [0, 0.1) is 0 Å². The number of nitrogen functional groups attached to an aromatic ring is 1. The first-order valence-corrected chi connectivity index (χ1v) is 12.4. The molecule has 0 radical (unpaired) electrons. The van der Waals surface area contributed by atoms with Crippen molar-refractivity contribution in [1.29, 1.82) is 0 Å². The second-order valence-corrected chi connectivity index (χ2v) is 8.99. The molecule has 9 nitrogen and oxygen atoms in total. The standard InChI is InChI=1S/C25H29N5O4S/c1-4-29-24(33)22(23(26)30(25(29)34)14-17-10-6-5-7-11-17)19(31)15-28(2)16-21(32)27-18-12-8-9-13-20(18)35-3/h5-13H,4,14-16,26H2,1-3H3,(H,27,32)/p+1. The lowest BCUT2D eigenvalue weighted by Crippen LogP contribution is -3.11. The van der Waals surface area contributed by atoms with Crippen molar-refractivity contribution in [1.82, 2.24) is 9.13 Å². The van der Waals surface area contributed by atoms with E-state index in [1.165, 1.54) is 16.3 Å². The minimum atomic E-state index is -0.713. The van der Waals surface area contributed by atoms with Crippen LogP contribution in [0.2, 0.25) is 0 Å². The van der Waals surface area contributed by atoms with Crippen molar-refractivity contribution in [2.45, 2.75) is 24.9 Å². The number of nitrogens with zero attached hydrogens (tertiary/aromatic N) is 2. The Labute approximate surface area is 207 Å². The van der Waals surface area contributed by atoms with Crippen LogP contribution in [0.25, 0.3) is 0 Å². The zero-order valence-corrected chi connectivity index (χ0v) is 20.9. The Morgan fingerprint density at radius 1 is 1.00 bits per heavy atom. The zero-order chi connectivity index (χ0) is 25.5. The molecule has 3 aromatic rings. The summed E-state index contributed by atoms with van der Waals surface area (Å²) in [5.41, 5.74) is 6.21. The summed E-state index contributed by atoms with van der Waals surface area (Å²) in [7, 11) is 1.69. The fourth-order valence-electron chi connectivity index (χ4n) is 3.82. The highest BCUT2D eigenvalue weighted by Gasteiger charge is 2.25. The normalized spacial score (nSPS) is 11.7. The molecule has 10 heteroatoms. The van der Waals surface area contributed by atoms with E-state index in [0.717, 1.165) is 15.0 Å². The van der Waals surface area contributed by atoms with Gasteiger partial charge in [0.15, 0.2) is 6.54 Å². The number of Topliss-reactive ketones (excluding diaryl/α,β-unsaturated/α-hetero) is 1. The van der Waals surface area contributed by atoms with Crippen LogP contribution < -0.4 is 27.2 Å². The summed E-state index contributed by atoms with van der Waals surface area (Å²) in [6.45, 7) is 1.78. The average Bonchev–Trinajstić information content (AvgIpc) is 2.83. The minimum Gasteiger partial charge on any atom is -0.384 e. The predicted molar refractivity (Wildman–Crippen MR) is 138 cm³/mol. The minimum absolute atomic E-state index is 0.0139. The van der Waals surface area contributed by atoms with Crippen LogP contribution in [0.3, 0.4) is 0 Å². The highest BCUT2D eigenvalue weighted by atomic mass is 32.2. The molecule has 0 saturated heterocycles. The van der Waals surface area contributed by atoms with E-state index >= 15 is 0 Å². The van der Waals surface area contributed by atoms with Crippen LogP contribution in [0.15, 0.2) is 69.1 Å². The van der Waals surface area contributed by atoms with Crippen LogP contribution in [0.5, 0.6) is 0 Å². The number of nitrogens with one attached hydrogen (secondary N) is 2. The molecule has 0 spiro atoms. The van der Waals surface area contributed by atoms with E-state index in [0.29, 0.717) is 10.6 Å². The summed E-state index contributed by atoms with van der Waals surface area (Å²) in [6, 6.07) is 16.6. The summed E-state index contributed by atoms with van der Waals surface area (Å²) in [5, 5.41) is 2.86. The monoisotopic (exact) mass is 496 g/mol. The van der Waals surface area contributed by atoms with Crippen molar-refractivity contribution in [2.75, 3.05) is 37.4 Å². The molecular weight excluding hydrogens is 466 g/mol. The largest absolute Gasteiger partial charge is 0.384 e. The van der Waals surface area contributed by atoms with E-state index in [4.69, 9.17) is 5.73 Å². The zero-order valence-electron chi connectivity index (χ0n) is 20.0. The quantitative estimate of drug-likeness (QED) is 0.281. The molecule has 4 N–H and O–H groups in total. The molecule has 0 bridgehead atoms. The van der Waals surface area contributed by atoms with Gasteiger partial charge in [-0.3, -0.25) is 23.5 Å². The summed E-state index contributed by atoms with van der Waals surface area (Å²) < 4.78 is 2.25. The van der Waals surface area contributed by atoms with E-state index in [2.05, 4.69) is 5.32 Å². The first kappa shape index (κ1) is 26.0. The van der Waals surface area contributed by atoms with Crippen molar-refractivity contribution in [2.24, 2.45) is 0 Å². The molecule has 0 aliphatic heterocycles. The van der Waals surface area contributed by atoms with Crippen molar-refractivity contribution in [3.05, 3.63) is 86.6 Å². The lowest BCUT2D eigenvalue weighted by Gasteiger charge is -2.17. The van der Waals surface area contributed by atoms with Gasteiger partial charge in [-0.1, -0.05) is 42.5 Å². The number of benzene rings is 2. The van der Waals surface area contributed by atoms with Gasteiger partial charge in [0.2, 0.25) is 5.78 Å². The number of ketones is 1. The van der Waals surface area contributed by atoms with Crippen molar-refractivity contribution in [3.8, 4) is 0 Å². The van der Waals surface area contributed by atoms with E-state index < -0.39 is 17.0 Å². The molecule has 184 valence electrons. The number of rotatable bonds is 10. The fourth-order valence-corrected chi connectivity index (χ4v) is 4.37. The number of para-hydroxylation sites is 1. The molecule has 1 aromatic heterocycles. The second kappa shape index (κ2) is 11.7. The van der Waals surface area contributed by atoms with E-state index in [1.807, 2.05) is 60.9 Å². The highest BCUT2D eigenvalue weighted by Crippen LogP contribution is 2.24. The second-order valence-electron chi connectivity index (χ2n) is 8.15. The number of quaternary nitrogens is 1. The molecule has 1 heterocycles. The number of carbonyl (C=O) groups excluding carboxylic acids is 2. The van der Waals surface area contributed by atoms with Gasteiger partial charge >= 0.3 is 5.69 Å². The van der Waals surface area contributed by atoms with Crippen molar-refractivity contribution < 1.29 is 14.5 Å². The van der Waals surface area contributed by atoms with Crippen LogP contribution >= 0.6 is 11.8 Å². The molecule has 3 rings (SSSR count). The van der Waals surface area contributed by atoms with Gasteiger partial charge in [-0.25, -0.2) is 4.79 Å². The number of hydrogen-bond donors (Lipinski definition) is 3. The lowest BCUT2D eigenvalue weighted by atomic mass is 10.1. The average molecular weight is 497 g/mol. The summed E-state index contributed by atoms with van der Waals surface area (Å²) >= 11 is 1.52. The van der Waals surface area contributed by atoms with E-state index in [9.17, 15) is 19.2 Å². The van der Waals surface area contributed by atoms with Crippen molar-refractivity contribution in [3.63, 3.8) is 0 Å². The molecule has 1 amide bonds. The third-order valence-electron chi connectivity index (χ3n) is 5.55. The van der Waals surface area contributed by atoms with E-state index in [-0.39, 0.29) is 43.5 Å². The van der Waals surface area contributed by atoms with Gasteiger partial charge in [-0.15, -0.1) is 11.8 Å². The van der Waals surface area contributed by atoms with Gasteiger partial charge in [-0.2, -0.15) is 0 Å². The molecule has 2 aromatic carbocycles. The van der Waals surface area contributed by atoms with Crippen LogP contribution in [0.4, 0.5) is 11.5 Å². The topological polar surface area (TPSA) is 121 Å². The molecule has 1 atom stereocenters. The first-order chi connectivity index (χ1) is 16.8. The molecule has 0 saturated carbocycles. The van der Waals surface area contributed by atoms with Crippen LogP contribution in [0.1, 0.15) is 22.8 Å². The Hall–Kier alpha value is -3.63. The van der Waals surface area contributed by atoms with Crippen LogP contribution in [-0.4, -0.2) is 47.2 Å². The number of nitrogens with two attached hydrogens (primary N) is 1. The van der Waals surface area contributed by atoms with Crippen molar-refractivity contribution >= 4 is 35.0 Å². The van der Waals surface area contributed by atoms with Gasteiger partial charge < -0.3 is 16.0 Å². The number of hydrogen-bond acceptors (Lipinski definition) is 6.